The molecule has 0 saturated carbocycles. The molecule has 0 spiro atoms. The van der Waals surface area contributed by atoms with Gasteiger partial charge in [-0.05, 0) is 39.6 Å². The van der Waals surface area contributed by atoms with E-state index >= 15 is 0 Å². The summed E-state index contributed by atoms with van der Waals surface area (Å²) in [7, 11) is 3.95. The van der Waals surface area contributed by atoms with Crippen molar-refractivity contribution in [2.24, 2.45) is 0 Å². The molecule has 1 aromatic heterocycles. The largest absolute Gasteiger partial charge is 0.347 e. The zero-order chi connectivity index (χ0) is 13.7. The van der Waals surface area contributed by atoms with Gasteiger partial charge in [-0.15, -0.1) is 0 Å². The molecule has 0 aliphatic heterocycles. The summed E-state index contributed by atoms with van der Waals surface area (Å²) in [5.41, 5.74) is 1.45. The fourth-order valence-electron chi connectivity index (χ4n) is 1.68. The van der Waals surface area contributed by atoms with Gasteiger partial charge in [0.25, 0.3) is 5.91 Å². The molecule has 0 aromatic carbocycles. The van der Waals surface area contributed by atoms with Crippen LogP contribution in [0.15, 0.2) is 18.3 Å². The van der Waals surface area contributed by atoms with E-state index in [0.717, 1.165) is 12.1 Å². The molecular weight excluding hydrogens is 246 g/mol. The average molecular weight is 267 g/mol. The Kier molecular flexibility index (Phi) is 5.62. The molecule has 1 rings (SSSR count). The predicted molar refractivity (Wildman–Crippen MR) is 77.1 cm³/mol. The van der Waals surface area contributed by atoms with Crippen LogP contribution < -0.4 is 5.32 Å². The first-order valence-electron chi connectivity index (χ1n) is 5.99. The van der Waals surface area contributed by atoms with Gasteiger partial charge in [0, 0.05) is 24.0 Å². The molecule has 0 aliphatic rings. The fraction of sp³-hybridized carbons (Fsp3) is 0.538. The van der Waals surface area contributed by atoms with Crippen LogP contribution in [0.5, 0.6) is 0 Å². The summed E-state index contributed by atoms with van der Waals surface area (Å²) in [5.74, 6) is -0.136. The van der Waals surface area contributed by atoms with Crippen LogP contribution in [0.4, 0.5) is 0 Å². The van der Waals surface area contributed by atoms with E-state index in [-0.39, 0.29) is 17.2 Å². The average Bonchev–Trinajstić information content (AvgIpc) is 2.27. The Morgan fingerprint density at radius 2 is 2.11 bits per heavy atom. The van der Waals surface area contributed by atoms with Crippen LogP contribution in [0, 0.1) is 0 Å². The van der Waals surface area contributed by atoms with Crippen LogP contribution in [0.3, 0.4) is 0 Å². The van der Waals surface area contributed by atoms with Crippen LogP contribution in [0.25, 0.3) is 0 Å². The molecule has 0 bridgehead atoms. The van der Waals surface area contributed by atoms with Gasteiger partial charge in [0.2, 0.25) is 0 Å². The Hall–Kier alpha value is -1.07. The lowest BCUT2D eigenvalue weighted by molar-refractivity contribution is 0.0929. The van der Waals surface area contributed by atoms with E-state index in [9.17, 15) is 4.79 Å². The van der Waals surface area contributed by atoms with Crippen molar-refractivity contribution in [2.45, 2.75) is 25.1 Å². The van der Waals surface area contributed by atoms with E-state index in [4.69, 9.17) is 0 Å². The molecule has 0 radical (unpaired) electrons. The summed E-state index contributed by atoms with van der Waals surface area (Å²) in [5, 5.41) is 3.04. The normalized spacial score (nSPS) is 14.3. The smallest absolute Gasteiger partial charge is 0.270 e. The highest BCUT2D eigenvalue weighted by Crippen LogP contribution is 2.17. The fourth-order valence-corrected chi connectivity index (χ4v) is 1.83. The Bertz CT molecular complexity index is 390. The zero-order valence-electron chi connectivity index (χ0n) is 11.3. The monoisotopic (exact) mass is 267 g/mol. The number of carbonyl (C=O) groups is 1. The van der Waals surface area contributed by atoms with Crippen molar-refractivity contribution in [3.05, 3.63) is 29.6 Å². The Morgan fingerprint density at radius 1 is 1.44 bits per heavy atom. The van der Waals surface area contributed by atoms with Gasteiger partial charge in [0.05, 0.1) is 0 Å². The van der Waals surface area contributed by atoms with E-state index in [1.165, 1.54) is 0 Å². The molecule has 1 amide bonds. The summed E-state index contributed by atoms with van der Waals surface area (Å²) < 4.78 is 0. The lowest BCUT2D eigenvalue weighted by atomic mass is 10.2. The second-order valence-electron chi connectivity index (χ2n) is 4.79. The van der Waals surface area contributed by atoms with Crippen molar-refractivity contribution < 1.29 is 4.79 Å². The summed E-state index contributed by atoms with van der Waals surface area (Å²) in [4.78, 5) is 18.1. The number of hydrogen-bond acceptors (Lipinski definition) is 4. The zero-order valence-corrected chi connectivity index (χ0v) is 12.2. The number of pyridine rings is 1. The molecule has 1 unspecified atom stereocenters. The van der Waals surface area contributed by atoms with Gasteiger partial charge in [-0.3, -0.25) is 9.78 Å². The molecule has 1 aromatic rings. The number of nitrogens with one attached hydrogen (secondary N) is 1. The number of aromatic nitrogens is 1. The van der Waals surface area contributed by atoms with E-state index in [1.807, 2.05) is 38.9 Å². The van der Waals surface area contributed by atoms with Crippen LogP contribution in [-0.4, -0.2) is 42.5 Å². The second kappa shape index (κ2) is 6.75. The number of carbonyl (C=O) groups excluding carboxylic acids is 1. The Labute approximate surface area is 114 Å². The molecule has 100 valence electrons. The third kappa shape index (κ3) is 4.66. The predicted octanol–water partition coefficient (Wildman–Crippen LogP) is 1.75. The van der Waals surface area contributed by atoms with Crippen molar-refractivity contribution in [3.8, 4) is 0 Å². The van der Waals surface area contributed by atoms with Gasteiger partial charge in [-0.2, -0.15) is 12.6 Å². The molecule has 4 nitrogen and oxygen atoms in total. The number of thiol groups is 1. The topological polar surface area (TPSA) is 45.2 Å². The van der Waals surface area contributed by atoms with Gasteiger partial charge in [0.15, 0.2) is 0 Å². The van der Waals surface area contributed by atoms with E-state index in [0.29, 0.717) is 5.69 Å². The lowest BCUT2D eigenvalue weighted by Crippen LogP contribution is -2.39. The molecule has 18 heavy (non-hydrogen) atoms. The highest BCUT2D eigenvalue weighted by Gasteiger charge is 2.12. The maximum atomic E-state index is 11.9. The van der Waals surface area contributed by atoms with Crippen LogP contribution in [-0.2, 0) is 0 Å². The van der Waals surface area contributed by atoms with Gasteiger partial charge in [0.1, 0.15) is 5.69 Å². The minimum Gasteiger partial charge on any atom is -0.347 e. The van der Waals surface area contributed by atoms with E-state index < -0.39 is 0 Å². The summed E-state index contributed by atoms with van der Waals surface area (Å²) in [6, 6.07) is 3.72. The van der Waals surface area contributed by atoms with Crippen LogP contribution >= 0.6 is 12.6 Å². The van der Waals surface area contributed by atoms with Crippen molar-refractivity contribution >= 4 is 18.5 Å². The first-order valence-corrected chi connectivity index (χ1v) is 6.51. The highest BCUT2D eigenvalue weighted by molar-refractivity contribution is 7.80. The molecule has 1 N–H and O–H groups in total. The van der Waals surface area contributed by atoms with Gasteiger partial charge in [-0.25, -0.2) is 0 Å². The summed E-state index contributed by atoms with van der Waals surface area (Å²) in [6.45, 7) is 4.75. The van der Waals surface area contributed by atoms with Gasteiger partial charge in [-0.1, -0.05) is 6.07 Å². The standard InChI is InChI=1S/C13H21N3OS/c1-9(8-16(3)4)15-13(17)12-6-5-11(7-14-12)10(2)18/h5-7,9-10,18H,8H2,1-4H3,(H,15,17)/t9-,10?/m1/s1. The van der Waals surface area contributed by atoms with E-state index in [1.54, 1.807) is 12.3 Å². The summed E-state index contributed by atoms with van der Waals surface area (Å²) in [6.07, 6.45) is 1.70. The van der Waals surface area contributed by atoms with Gasteiger partial charge >= 0.3 is 0 Å². The molecule has 0 aliphatic carbocycles. The number of hydrogen-bond donors (Lipinski definition) is 2. The Morgan fingerprint density at radius 3 is 2.56 bits per heavy atom. The lowest BCUT2D eigenvalue weighted by Gasteiger charge is -2.18. The molecule has 5 heteroatoms. The number of amides is 1. The van der Waals surface area contributed by atoms with Crippen molar-refractivity contribution in [1.82, 2.24) is 15.2 Å². The Balaban J connectivity index is 2.61. The van der Waals surface area contributed by atoms with Gasteiger partial charge < -0.3 is 10.2 Å². The number of rotatable bonds is 5. The molecular formula is C13H21N3OS. The maximum absolute atomic E-state index is 11.9. The van der Waals surface area contributed by atoms with Crippen molar-refractivity contribution in [2.75, 3.05) is 20.6 Å². The van der Waals surface area contributed by atoms with Crippen LogP contribution in [0.2, 0.25) is 0 Å². The van der Waals surface area contributed by atoms with E-state index in [2.05, 4.69) is 22.9 Å². The quantitative estimate of drug-likeness (QED) is 0.799. The SMILES string of the molecule is CC(S)c1ccc(C(=O)N[C@H](C)CN(C)C)nc1. The minimum atomic E-state index is -0.136. The molecule has 2 atom stereocenters. The highest BCUT2D eigenvalue weighted by atomic mass is 32.1. The van der Waals surface area contributed by atoms with Crippen molar-refractivity contribution in [1.29, 1.82) is 0 Å². The second-order valence-corrected chi connectivity index (χ2v) is 5.56. The summed E-state index contributed by atoms with van der Waals surface area (Å²) >= 11 is 4.32. The maximum Gasteiger partial charge on any atom is 0.270 e. The van der Waals surface area contributed by atoms with Crippen molar-refractivity contribution in [3.63, 3.8) is 0 Å². The number of likely N-dealkylation sites (N-methyl/N-ethyl adjacent to an activating group) is 1. The first kappa shape index (κ1) is 15.0. The number of nitrogens with zero attached hydrogens (tertiary/aromatic N) is 2. The third-order valence-electron chi connectivity index (χ3n) is 2.52. The first-order chi connectivity index (χ1) is 8.40. The third-order valence-corrected chi connectivity index (χ3v) is 2.82. The molecule has 0 saturated heterocycles. The van der Waals surface area contributed by atoms with Crippen LogP contribution in [0.1, 0.15) is 35.1 Å². The minimum absolute atomic E-state index is 0.0952. The molecule has 1 heterocycles. The molecule has 0 fully saturated rings.